The number of hydrogen-bond donors (Lipinski definition) is 2. The van der Waals surface area contributed by atoms with Crippen molar-refractivity contribution in [1.29, 1.82) is 0 Å². The lowest BCUT2D eigenvalue weighted by molar-refractivity contribution is 0.498. The topological polar surface area (TPSA) is 57.9 Å². The molecule has 0 bridgehead atoms. The number of nitrogens with one attached hydrogen (secondary N) is 1. The monoisotopic (exact) mass is 498 g/mol. The first-order chi connectivity index (χ1) is 18.0. The summed E-state index contributed by atoms with van der Waals surface area (Å²) in [6.07, 6.45) is 8.22. The summed E-state index contributed by atoms with van der Waals surface area (Å²) in [6.45, 7) is 25.2. The zero-order valence-corrected chi connectivity index (χ0v) is 24.0. The Morgan fingerprint density at radius 2 is 1.78 bits per heavy atom. The van der Waals surface area contributed by atoms with Gasteiger partial charge in [-0.2, -0.15) is 0 Å². The second-order valence-corrected chi connectivity index (χ2v) is 8.26. The van der Waals surface area contributed by atoms with Gasteiger partial charge in [-0.05, 0) is 66.9 Å². The van der Waals surface area contributed by atoms with Crippen LogP contribution in [0.25, 0.3) is 33.1 Å². The molecule has 0 atom stereocenters. The number of H-pyrrole nitrogens is 1. The summed E-state index contributed by atoms with van der Waals surface area (Å²) in [5.41, 5.74) is 14.8. The van der Waals surface area contributed by atoms with E-state index >= 15 is 0 Å². The van der Waals surface area contributed by atoms with Crippen molar-refractivity contribution in [3.63, 3.8) is 0 Å². The van der Waals surface area contributed by atoms with E-state index in [2.05, 4.69) is 85.8 Å². The van der Waals surface area contributed by atoms with Gasteiger partial charge in [-0.1, -0.05) is 77.5 Å². The van der Waals surface area contributed by atoms with Gasteiger partial charge in [0.15, 0.2) is 0 Å². The predicted octanol–water partition coefficient (Wildman–Crippen LogP) is 9.78. The zero-order chi connectivity index (χ0) is 28.0. The Bertz CT molecular complexity index is 1300. The van der Waals surface area contributed by atoms with Gasteiger partial charge in [-0.25, -0.2) is 4.98 Å². The first-order valence-corrected chi connectivity index (χ1v) is 13.3. The highest BCUT2D eigenvalue weighted by Crippen LogP contribution is 2.37. The van der Waals surface area contributed by atoms with Gasteiger partial charge in [0.1, 0.15) is 5.65 Å². The third kappa shape index (κ3) is 7.85. The van der Waals surface area contributed by atoms with E-state index in [1.165, 1.54) is 16.5 Å². The van der Waals surface area contributed by atoms with Crippen LogP contribution in [0.4, 0.5) is 5.69 Å². The van der Waals surface area contributed by atoms with Crippen LogP contribution in [-0.2, 0) is 6.54 Å². The van der Waals surface area contributed by atoms with Crippen molar-refractivity contribution in [3.05, 3.63) is 97.5 Å². The van der Waals surface area contributed by atoms with Crippen LogP contribution in [0.15, 0.2) is 86.4 Å². The van der Waals surface area contributed by atoms with Gasteiger partial charge in [0.2, 0.25) is 0 Å². The fourth-order valence-corrected chi connectivity index (χ4v) is 4.23. The molecule has 4 aromatic rings. The third-order valence-corrected chi connectivity index (χ3v) is 5.64. The molecule has 0 aliphatic rings. The van der Waals surface area contributed by atoms with Crippen molar-refractivity contribution >= 4 is 27.6 Å². The number of hydrogen-bond acceptors (Lipinski definition) is 3. The van der Waals surface area contributed by atoms with Crippen LogP contribution >= 0.6 is 0 Å². The fraction of sp³-hybridized carbons (Fsp3) is 0.303. The third-order valence-electron chi connectivity index (χ3n) is 5.64. The Morgan fingerprint density at radius 3 is 2.41 bits per heavy atom. The number of aromatic nitrogens is 2. The van der Waals surface area contributed by atoms with Crippen LogP contribution in [0.1, 0.15) is 65.5 Å². The van der Waals surface area contributed by atoms with Gasteiger partial charge in [-0.15, -0.1) is 13.2 Å². The van der Waals surface area contributed by atoms with Crippen molar-refractivity contribution in [3.8, 4) is 11.1 Å². The minimum Gasteiger partial charge on any atom is -0.399 e. The number of fused-ring (bicyclic) bond motifs is 3. The first kappa shape index (κ1) is 31.2. The summed E-state index contributed by atoms with van der Waals surface area (Å²) >= 11 is 0. The molecule has 0 aliphatic carbocycles. The largest absolute Gasteiger partial charge is 0.399 e. The Labute approximate surface area is 224 Å². The SMILES string of the molecule is C=C.C=CN(/C=C(\C)CCC)Cc1ccc(-c2cccc(N)c2)c2c1[nH]c1ncc(C)cc12.CC.CC. The van der Waals surface area contributed by atoms with Gasteiger partial charge >= 0.3 is 0 Å². The van der Waals surface area contributed by atoms with Crippen molar-refractivity contribution < 1.29 is 0 Å². The molecule has 2 aromatic heterocycles. The average Bonchev–Trinajstić information content (AvgIpc) is 3.31. The van der Waals surface area contributed by atoms with E-state index in [1.807, 2.05) is 58.3 Å². The van der Waals surface area contributed by atoms with E-state index in [4.69, 9.17) is 5.73 Å². The molecule has 4 rings (SSSR count). The quantitative estimate of drug-likeness (QED) is 0.197. The number of aromatic amines is 1. The van der Waals surface area contributed by atoms with Gasteiger partial charge in [-0.3, -0.25) is 0 Å². The number of nitrogen functional groups attached to an aromatic ring is 1. The molecule has 0 aliphatic heterocycles. The zero-order valence-electron chi connectivity index (χ0n) is 24.0. The molecular formula is C33H46N4. The summed E-state index contributed by atoms with van der Waals surface area (Å²) in [5, 5.41) is 2.32. The summed E-state index contributed by atoms with van der Waals surface area (Å²) in [4.78, 5) is 10.4. The maximum Gasteiger partial charge on any atom is 0.138 e. The van der Waals surface area contributed by atoms with Crippen LogP contribution in [0.2, 0.25) is 0 Å². The van der Waals surface area contributed by atoms with Crippen molar-refractivity contribution in [2.24, 2.45) is 0 Å². The number of pyridine rings is 1. The first-order valence-electron chi connectivity index (χ1n) is 13.3. The lowest BCUT2D eigenvalue weighted by Gasteiger charge is -2.18. The smallest absolute Gasteiger partial charge is 0.138 e. The number of anilines is 1. The molecule has 0 spiro atoms. The van der Waals surface area contributed by atoms with Crippen LogP contribution in [-0.4, -0.2) is 14.9 Å². The maximum atomic E-state index is 6.09. The standard InChI is InChI=1S/C27H30N4.2C2H6.C2H4/c1-5-8-18(3)16-31(6-2)17-21-11-12-23(20-9-7-10-22(28)14-20)25-24-13-19(4)15-29-27(24)30-26(21)25;3*1-2/h6-7,9-16H,2,5,8,17,28H2,1,3-4H3,(H,29,30);2*1-2H3;1-2H2/b18-16+;;;. The molecule has 198 valence electrons. The van der Waals surface area contributed by atoms with Crippen molar-refractivity contribution in [2.75, 3.05) is 5.73 Å². The number of nitrogens with two attached hydrogens (primary N) is 1. The highest BCUT2D eigenvalue weighted by Gasteiger charge is 2.16. The molecule has 2 heterocycles. The second-order valence-electron chi connectivity index (χ2n) is 8.26. The Balaban J connectivity index is 0.00000106. The summed E-state index contributed by atoms with van der Waals surface area (Å²) < 4.78 is 0. The van der Waals surface area contributed by atoms with Crippen molar-refractivity contribution in [1.82, 2.24) is 14.9 Å². The number of rotatable bonds is 7. The van der Waals surface area contributed by atoms with E-state index in [1.54, 1.807) is 0 Å². The average molecular weight is 499 g/mol. The number of allylic oxidation sites excluding steroid dienone is 1. The second kappa shape index (κ2) is 16.1. The molecule has 4 nitrogen and oxygen atoms in total. The minimum absolute atomic E-state index is 0.740. The Hall–Kier alpha value is -3.79. The molecule has 0 unspecified atom stereocenters. The Kier molecular flexibility index (Phi) is 13.6. The predicted molar refractivity (Wildman–Crippen MR) is 167 cm³/mol. The highest BCUT2D eigenvalue weighted by atomic mass is 15.1. The van der Waals surface area contributed by atoms with Crippen LogP contribution in [0.3, 0.4) is 0 Å². The van der Waals surface area contributed by atoms with E-state index < -0.39 is 0 Å². The molecule has 2 aromatic carbocycles. The van der Waals surface area contributed by atoms with Crippen LogP contribution < -0.4 is 5.73 Å². The highest BCUT2D eigenvalue weighted by molar-refractivity contribution is 6.14. The molecule has 0 saturated heterocycles. The molecule has 0 amide bonds. The van der Waals surface area contributed by atoms with E-state index in [0.717, 1.165) is 58.3 Å². The summed E-state index contributed by atoms with van der Waals surface area (Å²) in [7, 11) is 0. The number of aryl methyl sites for hydroxylation is 1. The summed E-state index contributed by atoms with van der Waals surface area (Å²) in [5.74, 6) is 0. The molecule has 0 radical (unpaired) electrons. The van der Waals surface area contributed by atoms with Gasteiger partial charge in [0, 0.05) is 35.4 Å². The van der Waals surface area contributed by atoms with Gasteiger partial charge in [0.25, 0.3) is 0 Å². The number of nitrogens with zero attached hydrogens (tertiary/aromatic N) is 2. The van der Waals surface area contributed by atoms with Crippen LogP contribution in [0, 0.1) is 6.92 Å². The van der Waals surface area contributed by atoms with E-state index in [9.17, 15) is 0 Å². The number of benzene rings is 2. The van der Waals surface area contributed by atoms with Gasteiger partial charge < -0.3 is 15.6 Å². The molecule has 3 N–H and O–H groups in total. The van der Waals surface area contributed by atoms with E-state index in [0.29, 0.717) is 0 Å². The van der Waals surface area contributed by atoms with Crippen LogP contribution in [0.5, 0.6) is 0 Å². The summed E-state index contributed by atoms with van der Waals surface area (Å²) in [6, 6.07) is 14.7. The fourth-order valence-electron chi connectivity index (χ4n) is 4.23. The van der Waals surface area contributed by atoms with E-state index in [-0.39, 0.29) is 0 Å². The Morgan fingerprint density at radius 1 is 1.08 bits per heavy atom. The normalized spacial score (nSPS) is 10.4. The minimum atomic E-state index is 0.740. The molecular weight excluding hydrogens is 452 g/mol. The molecule has 37 heavy (non-hydrogen) atoms. The lowest BCUT2D eigenvalue weighted by Crippen LogP contribution is -2.10. The molecule has 0 saturated carbocycles. The molecule has 0 fully saturated rings. The maximum absolute atomic E-state index is 6.09. The van der Waals surface area contributed by atoms with Gasteiger partial charge in [0.05, 0.1) is 5.52 Å². The lowest BCUT2D eigenvalue weighted by atomic mass is 9.96. The van der Waals surface area contributed by atoms with Crippen molar-refractivity contribution in [2.45, 2.75) is 67.9 Å². The molecule has 4 heteroatoms.